The van der Waals surface area contributed by atoms with Crippen LogP contribution in [0.25, 0.3) is 0 Å². The lowest BCUT2D eigenvalue weighted by Crippen LogP contribution is -2.59. The van der Waals surface area contributed by atoms with Crippen molar-refractivity contribution < 1.29 is 38.2 Å². The van der Waals surface area contributed by atoms with Crippen molar-refractivity contribution in [2.45, 2.75) is 130 Å². The molecule has 1 aromatic carbocycles. The number of carbonyl (C=O) groups is 5. The number of nitrogens with one attached hydrogen (secondary N) is 2. The van der Waals surface area contributed by atoms with Crippen molar-refractivity contribution in [2.75, 3.05) is 41.9 Å². The van der Waals surface area contributed by atoms with E-state index in [1.807, 2.05) is 78.7 Å². The first-order valence-electron chi connectivity index (χ1n) is 19.7. The Hall–Kier alpha value is -3.75. The molecule has 1 fully saturated rings. The third kappa shape index (κ3) is 12.6. The molecular weight excluding hydrogens is 704 g/mol. The molecule has 0 radical (unpaired) electrons. The number of methoxy groups -OCH3 is 2. The van der Waals surface area contributed by atoms with E-state index in [0.29, 0.717) is 18.5 Å². The van der Waals surface area contributed by atoms with Gasteiger partial charge in [0.2, 0.25) is 23.6 Å². The minimum atomic E-state index is -0.954. The fourth-order valence-corrected chi connectivity index (χ4v) is 8.07. The molecule has 2 rings (SSSR count). The molecule has 1 aromatic rings. The molecule has 14 heteroatoms. The average molecular weight is 775 g/mol. The Labute approximate surface area is 329 Å². The number of nitrogens with zero attached hydrogens (tertiary/aromatic N) is 3. The number of hydrogen-bond donors (Lipinski definition) is 3. The Kier molecular flexibility index (Phi) is 19.1. The number of nitrogens with two attached hydrogens (primary N) is 1. The van der Waals surface area contributed by atoms with Gasteiger partial charge in [0, 0.05) is 27.8 Å². The smallest absolute Gasteiger partial charge is 0.405 e. The number of primary amides is 1. The van der Waals surface area contributed by atoms with Crippen molar-refractivity contribution in [3.63, 3.8) is 0 Å². The van der Waals surface area contributed by atoms with Crippen molar-refractivity contribution in [1.29, 1.82) is 0 Å². The van der Waals surface area contributed by atoms with Crippen molar-refractivity contribution >= 4 is 29.7 Å². The minimum Gasteiger partial charge on any atom is -0.439 e. The van der Waals surface area contributed by atoms with Crippen LogP contribution in [0.2, 0.25) is 0 Å². The lowest BCUT2D eigenvalue weighted by molar-refractivity contribution is -0.148. The normalized spacial score (nSPS) is 19.5. The van der Waals surface area contributed by atoms with Gasteiger partial charge in [0.1, 0.15) is 12.1 Å². The van der Waals surface area contributed by atoms with E-state index >= 15 is 0 Å². The average Bonchev–Trinajstić information content (AvgIpc) is 3.61. The van der Waals surface area contributed by atoms with E-state index in [0.717, 1.165) is 12.8 Å². The quantitative estimate of drug-likeness (QED) is 0.167. The van der Waals surface area contributed by atoms with E-state index in [1.165, 1.54) is 7.11 Å². The highest BCUT2D eigenvalue weighted by Crippen LogP contribution is 2.30. The van der Waals surface area contributed by atoms with Crippen LogP contribution in [0.15, 0.2) is 30.3 Å². The lowest BCUT2D eigenvalue weighted by Gasteiger charge is -2.41. The van der Waals surface area contributed by atoms with Crippen molar-refractivity contribution in [2.24, 2.45) is 29.4 Å². The molecule has 10 atom stereocenters. The van der Waals surface area contributed by atoms with E-state index in [4.69, 9.17) is 19.9 Å². The van der Waals surface area contributed by atoms with Gasteiger partial charge in [0.05, 0.1) is 48.7 Å². The summed E-state index contributed by atoms with van der Waals surface area (Å²) in [4.78, 5) is 72.6. The van der Waals surface area contributed by atoms with E-state index in [-0.39, 0.29) is 53.8 Å². The second kappa shape index (κ2) is 22.1. The van der Waals surface area contributed by atoms with Crippen LogP contribution in [-0.4, -0.2) is 129 Å². The van der Waals surface area contributed by atoms with Crippen LogP contribution in [0.1, 0.15) is 92.7 Å². The molecule has 14 nitrogen and oxygen atoms in total. The van der Waals surface area contributed by atoms with Crippen LogP contribution in [-0.2, 0) is 33.4 Å². The standard InChI is InChI=1S/C41H70N6O8/c1-14-26(6)35(46(11)40(51)33(24(2)3)44-39(50)34(25(4)5)45(9)10)31(53-12)23-32(48)47-22-18-21-30(47)36(54-13)27(7)38(49)43-28(8)37(55-41(42)52)29-19-16-15-17-20-29/h15-17,19-20,24-28,30-31,33-37H,14,18,21-23H2,1-13H3,(H2,42,52)(H,43,49)(H,44,50)/t26-,27+,28+,30-,31+,33-,34?,35-,36+,37+/m0/s1. The van der Waals surface area contributed by atoms with Gasteiger partial charge in [0.15, 0.2) is 0 Å². The Bertz CT molecular complexity index is 1390. The zero-order valence-electron chi connectivity index (χ0n) is 35.5. The minimum absolute atomic E-state index is 0.00560. The summed E-state index contributed by atoms with van der Waals surface area (Å²) in [5.41, 5.74) is 6.05. The fourth-order valence-electron chi connectivity index (χ4n) is 8.07. The van der Waals surface area contributed by atoms with E-state index < -0.39 is 54.5 Å². The largest absolute Gasteiger partial charge is 0.439 e. The number of hydrogen-bond acceptors (Lipinski definition) is 9. The van der Waals surface area contributed by atoms with Crippen LogP contribution >= 0.6 is 0 Å². The molecule has 0 bridgehead atoms. The van der Waals surface area contributed by atoms with Gasteiger partial charge >= 0.3 is 6.09 Å². The molecule has 0 saturated carbocycles. The number of benzene rings is 1. The number of carbonyl (C=O) groups excluding carboxylic acids is 5. The zero-order valence-corrected chi connectivity index (χ0v) is 35.5. The third-order valence-electron chi connectivity index (χ3n) is 11.1. The monoisotopic (exact) mass is 775 g/mol. The van der Waals surface area contributed by atoms with Crippen LogP contribution in [0.3, 0.4) is 0 Å². The van der Waals surface area contributed by atoms with Crippen LogP contribution in [0.5, 0.6) is 0 Å². The molecule has 312 valence electrons. The highest BCUT2D eigenvalue weighted by molar-refractivity contribution is 5.90. The molecule has 0 aromatic heterocycles. The second-order valence-electron chi connectivity index (χ2n) is 16.0. The summed E-state index contributed by atoms with van der Waals surface area (Å²) in [5, 5.41) is 6.00. The summed E-state index contributed by atoms with van der Waals surface area (Å²) >= 11 is 0. The first-order valence-corrected chi connectivity index (χ1v) is 19.7. The molecular formula is C41H70N6O8. The van der Waals surface area contributed by atoms with Gasteiger partial charge in [-0.2, -0.15) is 0 Å². The van der Waals surface area contributed by atoms with Crippen molar-refractivity contribution in [3.05, 3.63) is 35.9 Å². The zero-order chi connectivity index (χ0) is 41.7. The maximum atomic E-state index is 14.2. The number of ether oxygens (including phenoxy) is 3. The number of amides is 5. The van der Waals surface area contributed by atoms with Crippen molar-refractivity contribution in [3.8, 4) is 0 Å². The predicted molar refractivity (Wildman–Crippen MR) is 213 cm³/mol. The predicted octanol–water partition coefficient (Wildman–Crippen LogP) is 3.98. The van der Waals surface area contributed by atoms with Gasteiger partial charge in [-0.3, -0.25) is 24.1 Å². The summed E-state index contributed by atoms with van der Waals surface area (Å²) in [6.07, 6.45) is -0.937. The van der Waals surface area contributed by atoms with Gasteiger partial charge in [0.25, 0.3) is 0 Å². The number of rotatable bonds is 21. The Morgan fingerprint density at radius 3 is 2.00 bits per heavy atom. The van der Waals surface area contributed by atoms with Crippen LogP contribution in [0, 0.1) is 23.7 Å². The first-order chi connectivity index (χ1) is 25.8. The lowest BCUT2D eigenvalue weighted by atomic mass is 9.89. The molecule has 0 spiro atoms. The van der Waals surface area contributed by atoms with Gasteiger partial charge in [-0.15, -0.1) is 0 Å². The Balaban J connectivity index is 2.28. The van der Waals surface area contributed by atoms with E-state index in [2.05, 4.69) is 10.6 Å². The number of likely N-dealkylation sites (tertiary alicyclic amines) is 1. The summed E-state index contributed by atoms with van der Waals surface area (Å²) in [6, 6.07) is 6.40. The summed E-state index contributed by atoms with van der Waals surface area (Å²) in [7, 11) is 8.51. The third-order valence-corrected chi connectivity index (χ3v) is 11.1. The van der Waals surface area contributed by atoms with E-state index in [9.17, 15) is 24.0 Å². The summed E-state index contributed by atoms with van der Waals surface area (Å²) < 4.78 is 17.3. The fraction of sp³-hybridized carbons (Fsp3) is 0.732. The first kappa shape index (κ1) is 47.4. The van der Waals surface area contributed by atoms with Crippen LogP contribution < -0.4 is 16.4 Å². The highest BCUT2D eigenvalue weighted by Gasteiger charge is 2.43. The molecule has 55 heavy (non-hydrogen) atoms. The topological polar surface area (TPSA) is 173 Å². The van der Waals surface area contributed by atoms with Gasteiger partial charge in [-0.05, 0) is 57.2 Å². The van der Waals surface area contributed by atoms with E-state index in [1.54, 1.807) is 49.9 Å². The van der Waals surface area contributed by atoms with Crippen LogP contribution in [0.4, 0.5) is 4.79 Å². The maximum Gasteiger partial charge on any atom is 0.405 e. The molecule has 4 N–H and O–H groups in total. The molecule has 1 aliphatic rings. The molecule has 1 heterocycles. The Morgan fingerprint density at radius 2 is 1.51 bits per heavy atom. The molecule has 5 amide bonds. The SMILES string of the molecule is CC[C@H](C)[C@@H]([C@@H](CC(=O)N1CCC[C@H]1[C@H](OC)[C@@H](C)C(=O)N[C@H](C)[C@@H](OC(N)=O)c1ccccc1)OC)N(C)C(=O)[C@@H](NC(=O)C(C(C)C)N(C)C)C(C)C. The molecule has 1 aliphatic heterocycles. The van der Waals surface area contributed by atoms with Gasteiger partial charge in [-0.1, -0.05) is 85.2 Å². The highest BCUT2D eigenvalue weighted by atomic mass is 16.6. The van der Waals surface area contributed by atoms with Gasteiger partial charge < -0.3 is 40.4 Å². The molecule has 0 aliphatic carbocycles. The van der Waals surface area contributed by atoms with Crippen molar-refractivity contribution in [1.82, 2.24) is 25.3 Å². The Morgan fingerprint density at radius 1 is 0.891 bits per heavy atom. The number of likely N-dealkylation sites (N-methyl/N-ethyl adjacent to an activating group) is 2. The summed E-state index contributed by atoms with van der Waals surface area (Å²) in [6.45, 7) is 15.8. The van der Waals surface area contributed by atoms with Gasteiger partial charge in [-0.25, -0.2) is 4.79 Å². The second-order valence-corrected chi connectivity index (χ2v) is 16.0. The molecule has 1 unspecified atom stereocenters. The molecule has 1 saturated heterocycles. The maximum absolute atomic E-state index is 14.2. The summed E-state index contributed by atoms with van der Waals surface area (Å²) in [5.74, 6) is -1.79.